The molecule has 4 nitrogen and oxygen atoms in total. The fourth-order valence-corrected chi connectivity index (χ4v) is 2.54. The van der Waals surface area contributed by atoms with Gasteiger partial charge >= 0.3 is 0 Å². The van der Waals surface area contributed by atoms with E-state index in [0.717, 1.165) is 5.56 Å². The Morgan fingerprint density at radius 2 is 1.74 bits per heavy atom. The molecular weight excluding hydrogens is 264 g/mol. The Bertz CT molecular complexity index is 489. The van der Waals surface area contributed by atoms with Crippen LogP contribution in [0, 0.1) is 6.92 Å². The molecule has 108 valence electrons. The van der Waals surface area contributed by atoms with E-state index in [1.165, 1.54) is 0 Å². The number of rotatable bonds is 7. The number of ether oxygens (including phenoxy) is 1. The third kappa shape index (κ3) is 5.30. The number of benzene rings is 1. The van der Waals surface area contributed by atoms with E-state index in [9.17, 15) is 8.42 Å². The predicted molar refractivity (Wildman–Crippen MR) is 74.6 cm³/mol. The monoisotopic (exact) mass is 286 g/mol. The minimum Gasteiger partial charge on any atom is -0.376 e. The summed E-state index contributed by atoms with van der Waals surface area (Å²) in [5.41, 5.74) is 0.633. The van der Waals surface area contributed by atoms with Crippen LogP contribution in [0.1, 0.15) is 32.8 Å². The first-order valence-corrected chi connectivity index (χ1v) is 7.78. The van der Waals surface area contributed by atoms with Gasteiger partial charge in [-0.1, -0.05) is 17.7 Å². The van der Waals surface area contributed by atoms with Gasteiger partial charge in [-0.25, -0.2) is 0 Å². The van der Waals surface area contributed by atoms with Crippen LogP contribution in [0.5, 0.6) is 0 Å². The molecule has 1 rings (SSSR count). The van der Waals surface area contributed by atoms with Crippen molar-refractivity contribution in [3.05, 3.63) is 29.8 Å². The summed E-state index contributed by atoms with van der Waals surface area (Å²) in [6, 6.07) is 6.61. The third-order valence-corrected chi connectivity index (χ3v) is 4.11. The molecule has 0 bridgehead atoms. The molecule has 0 aliphatic carbocycles. The summed E-state index contributed by atoms with van der Waals surface area (Å²) in [6.45, 7) is 8.35. The van der Waals surface area contributed by atoms with Crippen molar-refractivity contribution < 1.29 is 17.3 Å². The molecule has 0 N–H and O–H groups in total. The van der Waals surface area contributed by atoms with Gasteiger partial charge in [-0.2, -0.15) is 8.42 Å². The smallest absolute Gasteiger partial charge is 0.296 e. The highest BCUT2D eigenvalue weighted by Gasteiger charge is 2.20. The first-order valence-electron chi connectivity index (χ1n) is 6.37. The summed E-state index contributed by atoms with van der Waals surface area (Å²) < 4.78 is 34.4. The lowest BCUT2D eigenvalue weighted by Gasteiger charge is -2.24. The second-order valence-electron chi connectivity index (χ2n) is 5.03. The van der Waals surface area contributed by atoms with Crippen molar-refractivity contribution in [3.63, 3.8) is 0 Å². The van der Waals surface area contributed by atoms with Crippen molar-refractivity contribution in [2.45, 2.75) is 44.6 Å². The third-order valence-electron chi connectivity index (χ3n) is 2.79. The van der Waals surface area contributed by atoms with E-state index in [0.29, 0.717) is 13.0 Å². The lowest BCUT2D eigenvalue weighted by atomic mass is 10.1. The van der Waals surface area contributed by atoms with Crippen LogP contribution in [0.25, 0.3) is 0 Å². The Morgan fingerprint density at radius 1 is 1.16 bits per heavy atom. The molecule has 0 atom stereocenters. The van der Waals surface area contributed by atoms with Crippen molar-refractivity contribution in [3.8, 4) is 0 Å². The zero-order valence-electron chi connectivity index (χ0n) is 12.0. The summed E-state index contributed by atoms with van der Waals surface area (Å²) in [5, 5.41) is 0. The molecular formula is C14H22O4S. The van der Waals surface area contributed by atoms with E-state index in [2.05, 4.69) is 0 Å². The Hall–Kier alpha value is -0.910. The van der Waals surface area contributed by atoms with Crippen molar-refractivity contribution in [2.24, 2.45) is 0 Å². The van der Waals surface area contributed by atoms with Gasteiger partial charge in [0.05, 0.1) is 17.1 Å². The van der Waals surface area contributed by atoms with Crippen LogP contribution in [0.4, 0.5) is 0 Å². The van der Waals surface area contributed by atoms with E-state index in [-0.39, 0.29) is 17.1 Å². The van der Waals surface area contributed by atoms with Crippen LogP contribution in [-0.4, -0.2) is 27.2 Å². The number of hydrogen-bond donors (Lipinski definition) is 0. The van der Waals surface area contributed by atoms with Gasteiger partial charge in [0.15, 0.2) is 0 Å². The molecule has 0 amide bonds. The molecule has 0 saturated carbocycles. The minimum atomic E-state index is -3.67. The van der Waals surface area contributed by atoms with Crippen molar-refractivity contribution in [1.82, 2.24) is 0 Å². The number of aryl methyl sites for hydroxylation is 1. The van der Waals surface area contributed by atoms with Gasteiger partial charge in [-0.3, -0.25) is 4.18 Å². The predicted octanol–water partition coefficient (Wildman–Crippen LogP) is 2.91. The average molecular weight is 286 g/mol. The zero-order chi connectivity index (χ0) is 14.5. The zero-order valence-corrected chi connectivity index (χ0v) is 12.8. The van der Waals surface area contributed by atoms with Gasteiger partial charge in [0.1, 0.15) is 0 Å². The molecule has 0 unspecified atom stereocenters. The maximum Gasteiger partial charge on any atom is 0.296 e. The second-order valence-corrected chi connectivity index (χ2v) is 6.65. The van der Waals surface area contributed by atoms with Gasteiger partial charge in [0.25, 0.3) is 10.1 Å². The van der Waals surface area contributed by atoms with Crippen molar-refractivity contribution in [1.29, 1.82) is 0 Å². The maximum atomic E-state index is 11.9. The first kappa shape index (κ1) is 16.1. The number of hydrogen-bond acceptors (Lipinski definition) is 4. The topological polar surface area (TPSA) is 52.6 Å². The fraction of sp³-hybridized carbons (Fsp3) is 0.571. The lowest BCUT2D eigenvalue weighted by molar-refractivity contribution is -0.0233. The molecule has 0 heterocycles. The van der Waals surface area contributed by atoms with Gasteiger partial charge in [0.2, 0.25) is 0 Å². The molecule has 0 radical (unpaired) electrons. The van der Waals surface area contributed by atoms with Gasteiger partial charge in [0, 0.05) is 13.0 Å². The average Bonchev–Trinajstić information content (AvgIpc) is 2.28. The van der Waals surface area contributed by atoms with Crippen LogP contribution < -0.4 is 0 Å². The molecule has 5 heteroatoms. The van der Waals surface area contributed by atoms with Crippen LogP contribution in [0.3, 0.4) is 0 Å². The van der Waals surface area contributed by atoms with Crippen molar-refractivity contribution in [2.75, 3.05) is 13.2 Å². The standard InChI is InChI=1S/C14H22O4S/c1-5-17-14(3,4)10-11-18-19(15,16)13-8-6-12(2)7-9-13/h6-9H,5,10-11H2,1-4H3. The molecule has 0 saturated heterocycles. The molecule has 0 aromatic heterocycles. The van der Waals surface area contributed by atoms with Crippen LogP contribution in [0.2, 0.25) is 0 Å². The largest absolute Gasteiger partial charge is 0.376 e. The Labute approximate surface area is 115 Å². The summed E-state index contributed by atoms with van der Waals surface area (Å²) in [7, 11) is -3.67. The molecule has 0 fully saturated rings. The normalized spacial score (nSPS) is 12.6. The van der Waals surface area contributed by atoms with Crippen LogP contribution in [-0.2, 0) is 19.0 Å². The Morgan fingerprint density at radius 3 is 2.26 bits per heavy atom. The maximum absolute atomic E-state index is 11.9. The van der Waals surface area contributed by atoms with E-state index in [4.69, 9.17) is 8.92 Å². The van der Waals surface area contributed by atoms with Crippen LogP contribution in [0.15, 0.2) is 29.2 Å². The molecule has 0 aliphatic rings. The highest BCUT2D eigenvalue weighted by atomic mass is 32.2. The van der Waals surface area contributed by atoms with Crippen LogP contribution >= 0.6 is 0 Å². The van der Waals surface area contributed by atoms with Gasteiger partial charge < -0.3 is 4.74 Å². The molecule has 1 aromatic rings. The highest BCUT2D eigenvalue weighted by Crippen LogP contribution is 2.17. The van der Waals surface area contributed by atoms with E-state index in [1.54, 1.807) is 24.3 Å². The van der Waals surface area contributed by atoms with E-state index < -0.39 is 10.1 Å². The highest BCUT2D eigenvalue weighted by molar-refractivity contribution is 7.86. The first-order chi connectivity index (χ1) is 8.77. The fourth-order valence-electron chi connectivity index (χ4n) is 1.63. The molecule has 0 aliphatic heterocycles. The second kappa shape index (κ2) is 6.50. The van der Waals surface area contributed by atoms with Crippen molar-refractivity contribution >= 4 is 10.1 Å². The Balaban J connectivity index is 2.59. The van der Waals surface area contributed by atoms with Gasteiger partial charge in [-0.15, -0.1) is 0 Å². The summed E-state index contributed by atoms with van der Waals surface area (Å²) in [5.74, 6) is 0. The molecule has 1 aromatic carbocycles. The summed E-state index contributed by atoms with van der Waals surface area (Å²) in [6.07, 6.45) is 0.520. The molecule has 0 spiro atoms. The molecule has 19 heavy (non-hydrogen) atoms. The lowest BCUT2D eigenvalue weighted by Crippen LogP contribution is -2.27. The summed E-state index contributed by atoms with van der Waals surface area (Å²) in [4.78, 5) is 0.187. The van der Waals surface area contributed by atoms with E-state index >= 15 is 0 Å². The Kier molecular flexibility index (Phi) is 5.52. The minimum absolute atomic E-state index is 0.114. The summed E-state index contributed by atoms with van der Waals surface area (Å²) >= 11 is 0. The SMILES string of the molecule is CCOC(C)(C)CCOS(=O)(=O)c1ccc(C)cc1. The van der Waals surface area contributed by atoms with Gasteiger partial charge in [-0.05, 0) is 39.8 Å². The van der Waals surface area contributed by atoms with E-state index in [1.807, 2.05) is 27.7 Å². The quantitative estimate of drug-likeness (QED) is 0.723.